The first kappa shape index (κ1) is 42.0. The number of hydrogen-bond acceptors (Lipinski definition) is 12. The standard InChI is InChI=1S/C48H53N7O8S/c1-30(2)37-6-3-4-7-38(37)41-8-5-17-54(41)34-26-48(27-34)14-18-53(19-15-48)33-9-10-39(43(23-33)63-35-22-32-11-16-49-46(32)50-28-35)47(56)52-64(59,60)36-24-42(55(57)58)45-44(25-36)62-29-40(51-45)31-12-20-61-21-13-31/h3-4,6-7,9-11,16,22-25,28,31,34,40-41,51H,1,5,8,12-15,17-21,26-27,29H2,2H3,(H,49,50)(H,52,56)/t40-,41-/m0/s1. The first-order valence-corrected chi connectivity index (χ1v) is 23.8. The number of nitro benzene ring substituents is 1. The molecule has 334 valence electrons. The maximum Gasteiger partial charge on any atom is 0.297 e. The molecule has 4 aliphatic heterocycles. The summed E-state index contributed by atoms with van der Waals surface area (Å²) in [6, 6.07) is 20.5. The summed E-state index contributed by atoms with van der Waals surface area (Å²) in [6.07, 6.45) is 11.7. The third-order valence-electron chi connectivity index (χ3n) is 14.3. The number of piperidine rings is 1. The van der Waals surface area contributed by atoms with Gasteiger partial charge in [-0.15, -0.1) is 0 Å². The van der Waals surface area contributed by atoms with Crippen molar-refractivity contribution in [1.82, 2.24) is 19.6 Å². The van der Waals surface area contributed by atoms with E-state index in [0.29, 0.717) is 36.7 Å². The summed E-state index contributed by atoms with van der Waals surface area (Å²) in [7, 11) is -4.64. The predicted octanol–water partition coefficient (Wildman–Crippen LogP) is 8.60. The number of rotatable bonds is 11. The largest absolute Gasteiger partial charge is 0.489 e. The van der Waals surface area contributed by atoms with Gasteiger partial charge in [-0.1, -0.05) is 36.4 Å². The van der Waals surface area contributed by atoms with Crippen molar-refractivity contribution in [2.75, 3.05) is 49.7 Å². The van der Waals surface area contributed by atoms with E-state index in [1.807, 2.05) is 12.1 Å². The number of allylic oxidation sites excluding steroid dienone is 1. The molecule has 0 radical (unpaired) electrons. The van der Waals surface area contributed by atoms with Crippen molar-refractivity contribution >= 4 is 49.6 Å². The lowest BCUT2D eigenvalue weighted by atomic mass is 9.59. The number of hydrogen-bond donors (Lipinski definition) is 3. The van der Waals surface area contributed by atoms with E-state index in [0.717, 1.165) is 68.0 Å². The monoisotopic (exact) mass is 887 g/mol. The maximum absolute atomic E-state index is 14.1. The Kier molecular flexibility index (Phi) is 11.1. The number of carbonyl (C=O) groups excluding carboxylic acids is 1. The molecule has 5 aliphatic rings. The lowest BCUT2D eigenvalue weighted by Gasteiger charge is -2.56. The van der Waals surface area contributed by atoms with Gasteiger partial charge >= 0.3 is 0 Å². The van der Waals surface area contributed by atoms with Crippen molar-refractivity contribution in [3.63, 3.8) is 0 Å². The van der Waals surface area contributed by atoms with Crippen LogP contribution in [-0.4, -0.2) is 85.7 Å². The molecule has 0 unspecified atom stereocenters. The normalized spacial score (nSPS) is 21.4. The van der Waals surface area contributed by atoms with Gasteiger partial charge in [-0.25, -0.2) is 18.1 Å². The molecule has 2 atom stereocenters. The van der Waals surface area contributed by atoms with E-state index in [1.165, 1.54) is 49.1 Å². The van der Waals surface area contributed by atoms with Gasteiger partial charge in [-0.3, -0.25) is 19.8 Å². The molecule has 1 amide bonds. The number of aromatic nitrogens is 2. The Balaban J connectivity index is 0.862. The Morgan fingerprint density at radius 3 is 2.59 bits per heavy atom. The van der Waals surface area contributed by atoms with Gasteiger partial charge in [0.1, 0.15) is 23.8 Å². The molecule has 0 bridgehead atoms. The van der Waals surface area contributed by atoms with Gasteiger partial charge in [-0.05, 0) is 112 Å². The van der Waals surface area contributed by atoms with Crippen LogP contribution in [0.2, 0.25) is 0 Å². The Morgan fingerprint density at radius 1 is 1.02 bits per heavy atom. The number of sulfonamides is 1. The summed E-state index contributed by atoms with van der Waals surface area (Å²) in [6.45, 7) is 10.5. The summed E-state index contributed by atoms with van der Waals surface area (Å²) >= 11 is 0. The first-order chi connectivity index (χ1) is 30.9. The minimum absolute atomic E-state index is 0.0247. The highest BCUT2D eigenvalue weighted by molar-refractivity contribution is 7.90. The zero-order valence-electron chi connectivity index (χ0n) is 35.9. The topological polar surface area (TPSA) is 181 Å². The minimum atomic E-state index is -4.64. The average Bonchev–Trinajstić information content (AvgIpc) is 3.98. The van der Waals surface area contributed by atoms with E-state index in [9.17, 15) is 23.3 Å². The van der Waals surface area contributed by atoms with Crippen molar-refractivity contribution in [3.8, 4) is 17.2 Å². The minimum Gasteiger partial charge on any atom is -0.489 e. The van der Waals surface area contributed by atoms with E-state index in [4.69, 9.17) is 14.2 Å². The van der Waals surface area contributed by atoms with Gasteiger partial charge in [0.05, 0.1) is 27.6 Å². The highest BCUT2D eigenvalue weighted by Crippen LogP contribution is 2.54. The zero-order chi connectivity index (χ0) is 44.2. The molecule has 3 N–H and O–H groups in total. The van der Waals surface area contributed by atoms with Gasteiger partial charge < -0.3 is 29.4 Å². The number of benzene rings is 3. The number of anilines is 2. The van der Waals surface area contributed by atoms with Crippen molar-refractivity contribution in [2.45, 2.75) is 81.3 Å². The predicted molar refractivity (Wildman–Crippen MR) is 244 cm³/mol. The molecular weight excluding hydrogens is 835 g/mol. The summed E-state index contributed by atoms with van der Waals surface area (Å²) in [5.41, 5.74) is 5.19. The zero-order valence-corrected chi connectivity index (χ0v) is 36.7. The second-order valence-corrected chi connectivity index (χ2v) is 19.9. The third-order valence-corrected chi connectivity index (χ3v) is 15.6. The van der Waals surface area contributed by atoms with E-state index in [-0.39, 0.29) is 46.7 Å². The van der Waals surface area contributed by atoms with Crippen LogP contribution in [0.3, 0.4) is 0 Å². The number of ether oxygens (including phenoxy) is 3. The molecule has 16 heteroatoms. The van der Waals surface area contributed by atoms with Crippen LogP contribution in [-0.2, 0) is 14.8 Å². The van der Waals surface area contributed by atoms with Crippen molar-refractivity contribution in [2.24, 2.45) is 11.3 Å². The number of aromatic amines is 1. The molecule has 1 saturated carbocycles. The summed E-state index contributed by atoms with van der Waals surface area (Å²) in [5, 5.41) is 16.3. The van der Waals surface area contributed by atoms with Crippen LogP contribution in [0.4, 0.5) is 17.1 Å². The lowest BCUT2D eigenvalue weighted by Crippen LogP contribution is -2.54. The number of carbonyl (C=O) groups is 1. The van der Waals surface area contributed by atoms with Crippen LogP contribution in [0.25, 0.3) is 16.6 Å². The fraction of sp³-hybridized carbons (Fsp3) is 0.417. The van der Waals surface area contributed by atoms with Gasteiger partial charge in [0.15, 0.2) is 11.4 Å². The molecular formula is C48H53N7O8S. The van der Waals surface area contributed by atoms with Crippen LogP contribution < -0.4 is 24.4 Å². The maximum atomic E-state index is 14.1. The van der Waals surface area contributed by atoms with E-state index < -0.39 is 31.4 Å². The molecule has 1 spiro atoms. The highest BCUT2D eigenvalue weighted by atomic mass is 32.2. The third kappa shape index (κ3) is 8.07. The van der Waals surface area contributed by atoms with Crippen molar-refractivity contribution in [1.29, 1.82) is 0 Å². The van der Waals surface area contributed by atoms with Crippen LogP contribution in [0, 0.1) is 21.4 Å². The molecule has 15 nitrogen and oxygen atoms in total. The summed E-state index contributed by atoms with van der Waals surface area (Å²) in [4.78, 5) is 37.8. The highest BCUT2D eigenvalue weighted by Gasteiger charge is 2.50. The fourth-order valence-electron chi connectivity index (χ4n) is 10.8. The fourth-order valence-corrected chi connectivity index (χ4v) is 11.8. The molecule has 4 fully saturated rings. The number of amides is 1. The van der Waals surface area contributed by atoms with Crippen LogP contribution >= 0.6 is 0 Å². The Labute approximate surface area is 372 Å². The average molecular weight is 888 g/mol. The second kappa shape index (κ2) is 16.9. The first-order valence-electron chi connectivity index (χ1n) is 22.3. The molecule has 6 heterocycles. The van der Waals surface area contributed by atoms with Crippen molar-refractivity contribution in [3.05, 3.63) is 113 Å². The number of likely N-dealkylation sites (tertiary alicyclic amines) is 1. The Hall–Kier alpha value is -5.97. The lowest BCUT2D eigenvalue weighted by molar-refractivity contribution is -0.384. The molecule has 64 heavy (non-hydrogen) atoms. The number of nitro groups is 1. The molecule has 2 aromatic heterocycles. The number of nitrogens with zero attached hydrogens (tertiary/aromatic N) is 4. The van der Waals surface area contributed by atoms with Crippen LogP contribution in [0.15, 0.2) is 90.6 Å². The van der Waals surface area contributed by atoms with Crippen molar-refractivity contribution < 1.29 is 32.3 Å². The number of H-pyrrole nitrogens is 1. The van der Waals surface area contributed by atoms with Crippen LogP contribution in [0.1, 0.15) is 85.8 Å². The summed E-state index contributed by atoms with van der Waals surface area (Å²) < 4.78 is 47.8. The van der Waals surface area contributed by atoms with Gasteiger partial charge in [-0.2, -0.15) is 0 Å². The van der Waals surface area contributed by atoms with Crippen LogP contribution in [0.5, 0.6) is 17.2 Å². The number of fused-ring (bicyclic) bond motifs is 2. The van der Waals surface area contributed by atoms with Gasteiger partial charge in [0.25, 0.3) is 21.6 Å². The number of pyridine rings is 1. The molecule has 3 aromatic carbocycles. The van der Waals surface area contributed by atoms with E-state index in [2.05, 4.69) is 67.6 Å². The molecule has 5 aromatic rings. The number of nitrogens with one attached hydrogen (secondary N) is 3. The molecule has 10 rings (SSSR count). The summed E-state index contributed by atoms with van der Waals surface area (Å²) in [5.74, 6) is -0.250. The smallest absolute Gasteiger partial charge is 0.297 e. The Morgan fingerprint density at radius 2 is 1.81 bits per heavy atom. The SMILES string of the molecule is C=C(C)c1ccccc1[C@@H]1CCCN1C1CC2(CCN(c3ccc(C(=O)NS(=O)(=O)c4cc5c(c([N+](=O)[O-])c4)N[C@H](C4CCOCC4)CO5)c(Oc4cnc5[nH]ccc5c4)c3)CC2)C1. The van der Waals surface area contributed by atoms with E-state index in [1.54, 1.807) is 24.4 Å². The molecule has 1 aliphatic carbocycles. The quantitative estimate of drug-likeness (QED) is 0.0850. The van der Waals surface area contributed by atoms with Gasteiger partial charge in [0, 0.05) is 73.9 Å². The van der Waals surface area contributed by atoms with Gasteiger partial charge in [0.2, 0.25) is 0 Å². The van der Waals surface area contributed by atoms with E-state index >= 15 is 0 Å². The Bertz CT molecular complexity index is 2740. The second-order valence-electron chi connectivity index (χ2n) is 18.2. The molecule has 3 saturated heterocycles.